The number of anilines is 2. The molecule has 2 nitrogen and oxygen atoms in total. The van der Waals surface area contributed by atoms with Gasteiger partial charge in [0.25, 0.3) is 0 Å². The first kappa shape index (κ1) is 14.1. The van der Waals surface area contributed by atoms with Crippen LogP contribution in [0, 0.1) is 0 Å². The maximum atomic E-state index is 3.79. The summed E-state index contributed by atoms with van der Waals surface area (Å²) in [5.74, 6) is 0.932. The smallest absolute Gasteiger partial charge is 0.0481 e. The van der Waals surface area contributed by atoms with Crippen molar-refractivity contribution < 1.29 is 0 Å². The number of hydrogen-bond acceptors (Lipinski definition) is 3. The summed E-state index contributed by atoms with van der Waals surface area (Å²) in [6.07, 6.45) is 3.07. The molecule has 0 saturated carbocycles. The van der Waals surface area contributed by atoms with Crippen LogP contribution in [-0.4, -0.2) is 12.3 Å². The zero-order valence-electron chi connectivity index (χ0n) is 12.1. The summed E-state index contributed by atoms with van der Waals surface area (Å²) in [4.78, 5) is 1.28. The number of rotatable bonds is 6. The Balaban J connectivity index is 1.73. The normalized spacial score (nSPS) is 12.6. The summed E-state index contributed by atoms with van der Waals surface area (Å²) < 4.78 is 0. The minimum absolute atomic E-state index is 0.849. The van der Waals surface area contributed by atoms with E-state index in [1.807, 2.05) is 17.8 Å². The van der Waals surface area contributed by atoms with Crippen molar-refractivity contribution in [3.05, 3.63) is 66.2 Å². The Morgan fingerprint density at radius 1 is 1.19 bits per heavy atom. The molecule has 0 atom stereocenters. The molecule has 108 valence electrons. The van der Waals surface area contributed by atoms with Crippen LogP contribution in [0.1, 0.15) is 11.1 Å². The van der Waals surface area contributed by atoms with Crippen molar-refractivity contribution in [2.45, 2.75) is 17.9 Å². The van der Waals surface area contributed by atoms with Gasteiger partial charge in [0, 0.05) is 35.1 Å². The lowest BCUT2D eigenvalue weighted by Crippen LogP contribution is -2.03. The predicted octanol–water partition coefficient (Wildman–Crippen LogP) is 4.54. The average molecular weight is 296 g/mol. The second-order valence-corrected chi connectivity index (χ2v) is 6.14. The molecule has 2 N–H and O–H groups in total. The zero-order chi connectivity index (χ0) is 14.5. The third kappa shape index (κ3) is 3.24. The van der Waals surface area contributed by atoms with Crippen LogP contribution in [0.5, 0.6) is 0 Å². The van der Waals surface area contributed by atoms with E-state index in [0.717, 1.165) is 25.3 Å². The largest absolute Gasteiger partial charge is 0.384 e. The zero-order valence-corrected chi connectivity index (χ0v) is 12.9. The van der Waals surface area contributed by atoms with Crippen molar-refractivity contribution in [1.82, 2.24) is 0 Å². The summed E-state index contributed by atoms with van der Waals surface area (Å²) in [7, 11) is 0. The number of thioether (sulfide) groups is 1. The molecule has 0 saturated heterocycles. The molecule has 0 aliphatic carbocycles. The molecule has 0 radical (unpaired) electrons. The van der Waals surface area contributed by atoms with Gasteiger partial charge in [0.15, 0.2) is 0 Å². The molecule has 1 aliphatic rings. The topological polar surface area (TPSA) is 24.1 Å². The van der Waals surface area contributed by atoms with Crippen LogP contribution in [0.15, 0.2) is 60.0 Å². The van der Waals surface area contributed by atoms with Crippen LogP contribution in [0.25, 0.3) is 0 Å². The lowest BCUT2D eigenvalue weighted by atomic mass is 10.1. The Hall–Kier alpha value is -1.87. The molecular formula is C18H20N2S. The monoisotopic (exact) mass is 296 g/mol. The Morgan fingerprint density at radius 2 is 2.10 bits per heavy atom. The van der Waals surface area contributed by atoms with Gasteiger partial charge < -0.3 is 10.6 Å². The first-order valence-electron chi connectivity index (χ1n) is 7.29. The molecule has 0 aromatic heterocycles. The average Bonchev–Trinajstić information content (AvgIpc) is 3.01. The second kappa shape index (κ2) is 6.72. The van der Waals surface area contributed by atoms with Gasteiger partial charge in [-0.25, -0.2) is 0 Å². The maximum Gasteiger partial charge on any atom is 0.0481 e. The lowest BCUT2D eigenvalue weighted by molar-refractivity contribution is 1.11. The highest BCUT2D eigenvalue weighted by molar-refractivity contribution is 7.99. The van der Waals surface area contributed by atoms with E-state index in [-0.39, 0.29) is 0 Å². The van der Waals surface area contributed by atoms with Crippen LogP contribution in [0.4, 0.5) is 11.4 Å². The quantitative estimate of drug-likeness (QED) is 0.604. The van der Waals surface area contributed by atoms with E-state index >= 15 is 0 Å². The Morgan fingerprint density at radius 3 is 3.00 bits per heavy atom. The number of nitrogens with one attached hydrogen (secondary N) is 2. The van der Waals surface area contributed by atoms with E-state index < -0.39 is 0 Å². The molecule has 3 heteroatoms. The van der Waals surface area contributed by atoms with E-state index in [0.29, 0.717) is 0 Å². The first-order chi connectivity index (χ1) is 10.4. The number of benzene rings is 2. The van der Waals surface area contributed by atoms with E-state index in [2.05, 4.69) is 59.7 Å². The first-order valence-corrected chi connectivity index (χ1v) is 8.28. The molecule has 0 fully saturated rings. The van der Waals surface area contributed by atoms with Gasteiger partial charge in [0.05, 0.1) is 0 Å². The van der Waals surface area contributed by atoms with Crippen molar-refractivity contribution in [2.24, 2.45) is 0 Å². The molecule has 1 heterocycles. The molecule has 0 unspecified atom stereocenters. The SMILES string of the molecule is C=CCSc1ccccc1NCc1cccc2c1NCC2. The van der Waals surface area contributed by atoms with Crippen LogP contribution in [0.3, 0.4) is 0 Å². The summed E-state index contributed by atoms with van der Waals surface area (Å²) in [5.41, 5.74) is 5.29. The summed E-state index contributed by atoms with van der Waals surface area (Å²) in [5, 5.41) is 7.07. The fraction of sp³-hybridized carbons (Fsp3) is 0.222. The van der Waals surface area contributed by atoms with Crippen molar-refractivity contribution in [2.75, 3.05) is 22.9 Å². The summed E-state index contributed by atoms with van der Waals surface area (Å²) in [6.45, 7) is 5.69. The third-order valence-corrected chi connectivity index (χ3v) is 4.72. The second-order valence-electron chi connectivity index (χ2n) is 5.08. The van der Waals surface area contributed by atoms with Gasteiger partial charge in [-0.15, -0.1) is 18.3 Å². The van der Waals surface area contributed by atoms with E-state index in [9.17, 15) is 0 Å². The Bertz CT molecular complexity index is 637. The molecular weight excluding hydrogens is 276 g/mol. The molecule has 0 amide bonds. The lowest BCUT2D eigenvalue weighted by Gasteiger charge is -2.13. The minimum Gasteiger partial charge on any atom is -0.384 e. The molecule has 3 rings (SSSR count). The number of hydrogen-bond donors (Lipinski definition) is 2. The van der Waals surface area contributed by atoms with Crippen molar-refractivity contribution in [1.29, 1.82) is 0 Å². The van der Waals surface area contributed by atoms with Crippen LogP contribution in [-0.2, 0) is 13.0 Å². The predicted molar refractivity (Wildman–Crippen MR) is 93.3 cm³/mol. The van der Waals surface area contributed by atoms with Gasteiger partial charge in [0.1, 0.15) is 0 Å². The Kier molecular flexibility index (Phi) is 4.51. The molecule has 0 bridgehead atoms. The van der Waals surface area contributed by atoms with Crippen molar-refractivity contribution in [3.8, 4) is 0 Å². The third-order valence-electron chi connectivity index (χ3n) is 3.65. The van der Waals surface area contributed by atoms with Gasteiger partial charge in [-0.3, -0.25) is 0 Å². The number of fused-ring (bicyclic) bond motifs is 1. The highest BCUT2D eigenvalue weighted by Gasteiger charge is 2.13. The fourth-order valence-corrected chi connectivity index (χ4v) is 3.40. The molecule has 0 spiro atoms. The fourth-order valence-electron chi connectivity index (χ4n) is 2.64. The van der Waals surface area contributed by atoms with Crippen LogP contribution < -0.4 is 10.6 Å². The van der Waals surface area contributed by atoms with Crippen LogP contribution in [0.2, 0.25) is 0 Å². The number of para-hydroxylation sites is 2. The molecule has 2 aromatic carbocycles. The van der Waals surface area contributed by atoms with Gasteiger partial charge >= 0.3 is 0 Å². The van der Waals surface area contributed by atoms with Crippen LogP contribution >= 0.6 is 11.8 Å². The van der Waals surface area contributed by atoms with E-state index in [1.165, 1.54) is 27.4 Å². The van der Waals surface area contributed by atoms with Gasteiger partial charge in [0.2, 0.25) is 0 Å². The maximum absolute atomic E-state index is 3.79. The van der Waals surface area contributed by atoms with Crippen molar-refractivity contribution >= 4 is 23.1 Å². The highest BCUT2D eigenvalue weighted by Crippen LogP contribution is 2.30. The molecule has 1 aliphatic heterocycles. The van der Waals surface area contributed by atoms with Gasteiger partial charge in [-0.2, -0.15) is 0 Å². The van der Waals surface area contributed by atoms with E-state index in [4.69, 9.17) is 0 Å². The van der Waals surface area contributed by atoms with Crippen molar-refractivity contribution in [3.63, 3.8) is 0 Å². The highest BCUT2D eigenvalue weighted by atomic mass is 32.2. The van der Waals surface area contributed by atoms with Gasteiger partial charge in [-0.05, 0) is 29.7 Å². The molecule has 2 aromatic rings. The van der Waals surface area contributed by atoms with Gasteiger partial charge in [-0.1, -0.05) is 36.4 Å². The molecule has 21 heavy (non-hydrogen) atoms. The minimum atomic E-state index is 0.849. The van der Waals surface area contributed by atoms with E-state index in [1.54, 1.807) is 0 Å². The summed E-state index contributed by atoms with van der Waals surface area (Å²) in [6, 6.07) is 15.0. The summed E-state index contributed by atoms with van der Waals surface area (Å²) >= 11 is 1.81. The standard InChI is InChI=1S/C18H20N2S/c1-2-12-21-17-9-4-3-8-16(17)20-13-15-7-5-6-14-10-11-19-18(14)15/h2-9,19-20H,1,10-13H2. The Labute approximate surface area is 130 Å².